The zero-order valence-corrected chi connectivity index (χ0v) is 18.3. The van der Waals surface area contributed by atoms with Gasteiger partial charge in [0, 0.05) is 5.41 Å². The van der Waals surface area contributed by atoms with Crippen molar-refractivity contribution in [2.45, 2.75) is 84.2 Å². The molecule has 1 fully saturated rings. The topological polar surface area (TPSA) is 46.5 Å². The van der Waals surface area contributed by atoms with Crippen molar-refractivity contribution in [1.82, 2.24) is 0 Å². The van der Waals surface area contributed by atoms with Gasteiger partial charge in [-0.3, -0.25) is 0 Å². The zero-order chi connectivity index (χ0) is 20.6. The van der Waals surface area contributed by atoms with Crippen molar-refractivity contribution in [1.29, 1.82) is 0 Å². The number of methoxy groups -OCH3 is 1. The summed E-state index contributed by atoms with van der Waals surface area (Å²) in [6, 6.07) is 6.38. The lowest BCUT2D eigenvalue weighted by Crippen LogP contribution is -2.49. The first-order valence-corrected chi connectivity index (χ1v) is 11.5. The molecule has 0 aromatic heterocycles. The molecule has 0 bridgehead atoms. The fraction of sp³-hybridized carbons (Fsp3) is 0.654. The minimum atomic E-state index is -0.438. The lowest BCUT2D eigenvalue weighted by atomic mass is 9.50. The fourth-order valence-corrected chi connectivity index (χ4v) is 6.76. The third-order valence-corrected chi connectivity index (χ3v) is 8.25. The number of ether oxygens (including phenoxy) is 1. The molecule has 2 unspecified atom stereocenters. The first-order chi connectivity index (χ1) is 14.0. The van der Waals surface area contributed by atoms with E-state index in [1.54, 1.807) is 7.11 Å². The first-order valence-electron chi connectivity index (χ1n) is 11.5. The number of allylic oxidation sites excluding steroid dienone is 2. The summed E-state index contributed by atoms with van der Waals surface area (Å²) in [6.45, 7) is 4.48. The average Bonchev–Trinajstić information content (AvgIpc) is 3.04. The number of aliphatic hydroxyl groups excluding tert-OH is 1. The molecular formula is C26H36O3. The maximum Gasteiger partial charge on any atom is 0.130 e. The van der Waals surface area contributed by atoms with Crippen LogP contribution in [0.5, 0.6) is 5.75 Å². The van der Waals surface area contributed by atoms with E-state index in [9.17, 15) is 9.90 Å². The summed E-state index contributed by atoms with van der Waals surface area (Å²) in [5, 5.41) is 10.9. The summed E-state index contributed by atoms with van der Waals surface area (Å²) in [7, 11) is 1.71. The number of hydrogen-bond acceptors (Lipinski definition) is 3. The van der Waals surface area contributed by atoms with Gasteiger partial charge in [0.15, 0.2) is 0 Å². The number of rotatable bonds is 7. The number of carbonyl (C=O) groups is 1. The molecule has 1 N–H and O–H groups in total. The Hall–Kier alpha value is -1.61. The van der Waals surface area contributed by atoms with Gasteiger partial charge in [-0.1, -0.05) is 44.7 Å². The Kier molecular flexibility index (Phi) is 5.63. The SMILES string of the molecule is CCCCCCC1=C2c3ccc(OC)cc3CCC2(C=O)[C@@H]2CCC(O)[C@@]2(C)C1. The highest BCUT2D eigenvalue weighted by atomic mass is 16.5. The Morgan fingerprint density at radius 2 is 2.07 bits per heavy atom. The Balaban J connectivity index is 1.85. The third kappa shape index (κ3) is 3.17. The molecule has 0 amide bonds. The number of aliphatic hydroxyl groups is 1. The summed E-state index contributed by atoms with van der Waals surface area (Å²) >= 11 is 0. The third-order valence-electron chi connectivity index (χ3n) is 8.25. The summed E-state index contributed by atoms with van der Waals surface area (Å²) in [6.07, 6.45) is 11.4. The summed E-state index contributed by atoms with van der Waals surface area (Å²) in [5.74, 6) is 1.14. The van der Waals surface area contributed by atoms with E-state index in [4.69, 9.17) is 4.74 Å². The van der Waals surface area contributed by atoms with Gasteiger partial charge in [-0.15, -0.1) is 0 Å². The molecular weight excluding hydrogens is 360 g/mol. The summed E-state index contributed by atoms with van der Waals surface area (Å²) in [4.78, 5) is 12.8. The maximum atomic E-state index is 12.8. The van der Waals surface area contributed by atoms with Gasteiger partial charge in [-0.05, 0) is 79.7 Å². The highest BCUT2D eigenvalue weighted by molar-refractivity contribution is 5.91. The van der Waals surface area contributed by atoms with Crippen LogP contribution in [0.4, 0.5) is 0 Å². The molecule has 29 heavy (non-hydrogen) atoms. The van der Waals surface area contributed by atoms with Crippen molar-refractivity contribution in [2.75, 3.05) is 7.11 Å². The Bertz CT molecular complexity index is 810. The molecule has 0 heterocycles. The fourth-order valence-electron chi connectivity index (χ4n) is 6.76. The van der Waals surface area contributed by atoms with E-state index in [0.29, 0.717) is 0 Å². The largest absolute Gasteiger partial charge is 0.497 e. The monoisotopic (exact) mass is 396 g/mol. The van der Waals surface area contributed by atoms with E-state index >= 15 is 0 Å². The molecule has 0 saturated heterocycles. The molecule has 3 aliphatic carbocycles. The second kappa shape index (κ2) is 7.91. The van der Waals surface area contributed by atoms with Gasteiger partial charge in [0.25, 0.3) is 0 Å². The molecule has 0 radical (unpaired) electrons. The normalized spacial score (nSPS) is 33.1. The van der Waals surface area contributed by atoms with Crippen LogP contribution >= 0.6 is 0 Å². The van der Waals surface area contributed by atoms with Crippen LogP contribution in [0.2, 0.25) is 0 Å². The predicted molar refractivity (Wildman–Crippen MR) is 117 cm³/mol. The Labute approximate surface area is 175 Å². The lowest BCUT2D eigenvalue weighted by Gasteiger charge is -2.53. The second-order valence-corrected chi connectivity index (χ2v) is 9.80. The van der Waals surface area contributed by atoms with Gasteiger partial charge >= 0.3 is 0 Å². The number of benzene rings is 1. The molecule has 4 atom stereocenters. The van der Waals surface area contributed by atoms with Crippen LogP contribution in [0.25, 0.3) is 5.57 Å². The molecule has 1 aromatic carbocycles. The Morgan fingerprint density at radius 1 is 1.24 bits per heavy atom. The zero-order valence-electron chi connectivity index (χ0n) is 18.3. The lowest BCUT2D eigenvalue weighted by molar-refractivity contribution is -0.120. The predicted octanol–water partition coefficient (Wildman–Crippen LogP) is 5.73. The van der Waals surface area contributed by atoms with E-state index in [0.717, 1.165) is 44.3 Å². The van der Waals surface area contributed by atoms with E-state index in [2.05, 4.69) is 26.0 Å². The van der Waals surface area contributed by atoms with Crippen molar-refractivity contribution >= 4 is 11.9 Å². The van der Waals surface area contributed by atoms with Crippen LogP contribution in [0.15, 0.2) is 23.8 Å². The van der Waals surface area contributed by atoms with E-state index in [1.165, 1.54) is 54.2 Å². The molecule has 3 nitrogen and oxygen atoms in total. The van der Waals surface area contributed by atoms with Crippen LogP contribution in [0, 0.1) is 16.7 Å². The second-order valence-electron chi connectivity index (χ2n) is 9.80. The summed E-state index contributed by atoms with van der Waals surface area (Å²) < 4.78 is 5.47. The maximum absolute atomic E-state index is 12.8. The first kappa shape index (κ1) is 20.7. The van der Waals surface area contributed by atoms with Crippen LogP contribution in [-0.2, 0) is 11.2 Å². The van der Waals surface area contributed by atoms with Gasteiger partial charge in [0.2, 0.25) is 0 Å². The molecule has 1 saturated carbocycles. The molecule has 3 heteroatoms. The summed E-state index contributed by atoms with van der Waals surface area (Å²) in [5.41, 5.74) is 4.70. The van der Waals surface area contributed by atoms with E-state index in [-0.39, 0.29) is 17.4 Å². The number of fused-ring (bicyclic) bond motifs is 5. The van der Waals surface area contributed by atoms with Gasteiger partial charge in [-0.2, -0.15) is 0 Å². The molecule has 158 valence electrons. The average molecular weight is 397 g/mol. The molecule has 1 aromatic rings. The van der Waals surface area contributed by atoms with Crippen LogP contribution < -0.4 is 4.74 Å². The highest BCUT2D eigenvalue weighted by Gasteiger charge is 2.60. The van der Waals surface area contributed by atoms with Gasteiger partial charge < -0.3 is 14.6 Å². The van der Waals surface area contributed by atoms with Crippen molar-refractivity contribution in [3.8, 4) is 5.75 Å². The molecule has 0 aliphatic heterocycles. The van der Waals surface area contributed by atoms with Gasteiger partial charge in [0.1, 0.15) is 12.0 Å². The number of hydrogen-bond donors (Lipinski definition) is 1. The smallest absolute Gasteiger partial charge is 0.130 e. The number of aldehydes is 1. The number of carbonyl (C=O) groups excluding carboxylic acids is 1. The van der Waals surface area contributed by atoms with E-state index in [1.807, 2.05) is 6.07 Å². The van der Waals surface area contributed by atoms with Crippen molar-refractivity contribution in [2.24, 2.45) is 16.7 Å². The van der Waals surface area contributed by atoms with Gasteiger partial charge in [-0.25, -0.2) is 0 Å². The highest BCUT2D eigenvalue weighted by Crippen LogP contribution is 2.66. The Morgan fingerprint density at radius 3 is 2.79 bits per heavy atom. The quantitative estimate of drug-likeness (QED) is 0.473. The minimum Gasteiger partial charge on any atom is -0.497 e. The number of unbranched alkanes of at least 4 members (excludes halogenated alkanes) is 3. The van der Waals surface area contributed by atoms with E-state index < -0.39 is 5.41 Å². The standard InChI is InChI=1S/C26H36O3/c1-4-5-6-7-8-19-16-25(2)22(11-12-23(25)28)26(17-27)14-13-18-15-20(29-3)9-10-21(18)24(19)26/h9-10,15,17,22-23,28H,4-8,11-14,16H2,1-3H3/t22-,23?,25+,26?/m1/s1. The van der Waals surface area contributed by atoms with Crippen molar-refractivity contribution in [3.63, 3.8) is 0 Å². The molecule has 4 rings (SSSR count). The minimum absolute atomic E-state index is 0.172. The molecule has 0 spiro atoms. The van der Waals surface area contributed by atoms with Gasteiger partial charge in [0.05, 0.1) is 18.6 Å². The van der Waals surface area contributed by atoms with Crippen LogP contribution in [-0.4, -0.2) is 24.6 Å². The van der Waals surface area contributed by atoms with Crippen LogP contribution in [0.3, 0.4) is 0 Å². The van der Waals surface area contributed by atoms with Crippen molar-refractivity contribution < 1.29 is 14.6 Å². The number of aryl methyl sites for hydroxylation is 1. The molecule has 3 aliphatic rings. The van der Waals surface area contributed by atoms with Crippen molar-refractivity contribution in [3.05, 3.63) is 34.9 Å². The van der Waals surface area contributed by atoms with Crippen LogP contribution in [0.1, 0.15) is 82.8 Å².